The molecular formula is C33H38FN3O5. The Labute approximate surface area is 245 Å². The van der Waals surface area contributed by atoms with Crippen molar-refractivity contribution in [2.24, 2.45) is 0 Å². The highest BCUT2D eigenvalue weighted by Gasteiger charge is 2.43. The fourth-order valence-electron chi connectivity index (χ4n) is 6.06. The molecule has 1 saturated heterocycles. The summed E-state index contributed by atoms with van der Waals surface area (Å²) in [5.74, 6) is -0.0178. The van der Waals surface area contributed by atoms with Gasteiger partial charge in [0.05, 0.1) is 42.8 Å². The molecule has 3 aliphatic rings. The van der Waals surface area contributed by atoms with Crippen molar-refractivity contribution in [1.29, 1.82) is 0 Å². The smallest absolute Gasteiger partial charge is 0.328 e. The van der Waals surface area contributed by atoms with Crippen molar-refractivity contribution in [3.63, 3.8) is 0 Å². The Morgan fingerprint density at radius 2 is 2.00 bits per heavy atom. The molecule has 2 aliphatic heterocycles. The van der Waals surface area contributed by atoms with Crippen molar-refractivity contribution in [2.75, 3.05) is 13.1 Å². The van der Waals surface area contributed by atoms with Crippen LogP contribution in [0.1, 0.15) is 73.7 Å². The monoisotopic (exact) mass is 575 g/mol. The van der Waals surface area contributed by atoms with E-state index in [0.29, 0.717) is 36.3 Å². The van der Waals surface area contributed by atoms with Crippen molar-refractivity contribution < 1.29 is 28.5 Å². The van der Waals surface area contributed by atoms with Crippen LogP contribution in [0.4, 0.5) is 4.39 Å². The zero-order valence-electron chi connectivity index (χ0n) is 24.4. The number of carbonyl (C=O) groups is 1. The first kappa shape index (κ1) is 28.4. The highest BCUT2D eigenvalue weighted by molar-refractivity contribution is 5.84. The first-order valence-electron chi connectivity index (χ1n) is 14.8. The highest BCUT2D eigenvalue weighted by Crippen LogP contribution is 2.49. The summed E-state index contributed by atoms with van der Waals surface area (Å²) < 4.78 is 35.6. The Morgan fingerprint density at radius 1 is 1.21 bits per heavy atom. The normalized spacial score (nSPS) is 21.7. The van der Waals surface area contributed by atoms with E-state index in [2.05, 4.69) is 27.4 Å². The Hall–Kier alpha value is -3.69. The lowest BCUT2D eigenvalue weighted by Gasteiger charge is -2.32. The summed E-state index contributed by atoms with van der Waals surface area (Å²) in [6, 6.07) is 11.1. The van der Waals surface area contributed by atoms with Crippen LogP contribution in [-0.4, -0.2) is 50.8 Å². The lowest BCUT2D eigenvalue weighted by Crippen LogP contribution is -2.34. The third kappa shape index (κ3) is 6.08. The molecule has 6 rings (SSSR count). The van der Waals surface area contributed by atoms with Gasteiger partial charge in [-0.1, -0.05) is 18.2 Å². The standard InChI is InChI=1S/C33H38FN3O5/c1-21-7-11-27(28(34)17-21)33(3)41-29-6-4-5-26(32(29)42-33)23-13-15-36(16-14-23)20-30-35-18-24(8-12-31(38)39)37(30)19-22(2)40-25-9-10-25/h4-8,11-12,17-18,22-23,25H,9-10,13-16,19-20H2,1-3H3,(H,38,39)/b12-8+/t22-,33-/m0/s1. The molecule has 0 amide bonds. The van der Waals surface area contributed by atoms with Gasteiger partial charge in [0, 0.05) is 18.6 Å². The zero-order valence-corrected chi connectivity index (χ0v) is 24.4. The number of hydrogen-bond donors (Lipinski definition) is 1. The van der Waals surface area contributed by atoms with E-state index in [1.165, 1.54) is 6.07 Å². The third-order valence-corrected chi connectivity index (χ3v) is 8.37. The lowest BCUT2D eigenvalue weighted by molar-refractivity contribution is -0.131. The number of aliphatic carboxylic acids is 1. The van der Waals surface area contributed by atoms with Gasteiger partial charge in [-0.3, -0.25) is 4.90 Å². The average molecular weight is 576 g/mol. The predicted molar refractivity (Wildman–Crippen MR) is 156 cm³/mol. The topological polar surface area (TPSA) is 86.1 Å². The average Bonchev–Trinajstić information content (AvgIpc) is 3.57. The van der Waals surface area contributed by atoms with Gasteiger partial charge >= 0.3 is 5.97 Å². The summed E-state index contributed by atoms with van der Waals surface area (Å²) in [6.07, 6.45) is 8.91. The van der Waals surface area contributed by atoms with Gasteiger partial charge in [0.1, 0.15) is 11.6 Å². The van der Waals surface area contributed by atoms with E-state index in [0.717, 1.165) is 67.5 Å². The van der Waals surface area contributed by atoms with Gasteiger partial charge in [0.15, 0.2) is 11.5 Å². The lowest BCUT2D eigenvalue weighted by atomic mass is 9.88. The number of aryl methyl sites for hydroxylation is 1. The minimum Gasteiger partial charge on any atom is -0.478 e. The second kappa shape index (κ2) is 11.5. The van der Waals surface area contributed by atoms with Gasteiger partial charge in [0.25, 0.3) is 5.79 Å². The van der Waals surface area contributed by atoms with E-state index in [-0.39, 0.29) is 17.8 Å². The molecule has 0 bridgehead atoms. The fourth-order valence-corrected chi connectivity index (χ4v) is 6.06. The van der Waals surface area contributed by atoms with Crippen LogP contribution in [0.5, 0.6) is 11.5 Å². The van der Waals surface area contributed by atoms with Crippen LogP contribution >= 0.6 is 0 Å². The summed E-state index contributed by atoms with van der Waals surface area (Å²) in [6.45, 7) is 8.72. The van der Waals surface area contributed by atoms with Crippen LogP contribution in [0.15, 0.2) is 48.7 Å². The maximum absolute atomic E-state index is 14.9. The van der Waals surface area contributed by atoms with Gasteiger partial charge in [-0.2, -0.15) is 0 Å². The number of fused-ring (bicyclic) bond motifs is 1. The van der Waals surface area contributed by atoms with Crippen LogP contribution in [-0.2, 0) is 28.4 Å². The van der Waals surface area contributed by atoms with Crippen molar-refractivity contribution in [3.8, 4) is 11.5 Å². The van der Waals surface area contributed by atoms with Crippen molar-refractivity contribution >= 4 is 12.0 Å². The Bertz CT molecular complexity index is 1490. The Balaban J connectivity index is 1.13. The number of carboxylic acids is 1. The molecule has 42 heavy (non-hydrogen) atoms. The summed E-state index contributed by atoms with van der Waals surface area (Å²) in [5.41, 5.74) is 3.09. The number of nitrogens with zero attached hydrogens (tertiary/aromatic N) is 3. The first-order chi connectivity index (χ1) is 20.2. The fraction of sp³-hybridized carbons (Fsp3) is 0.455. The molecule has 1 aromatic heterocycles. The molecule has 2 atom stereocenters. The van der Waals surface area contributed by atoms with E-state index in [1.54, 1.807) is 25.3 Å². The molecule has 222 valence electrons. The molecule has 0 unspecified atom stereocenters. The summed E-state index contributed by atoms with van der Waals surface area (Å²) in [7, 11) is 0. The van der Waals surface area contributed by atoms with Crippen LogP contribution in [0.2, 0.25) is 0 Å². The number of halogens is 1. The van der Waals surface area contributed by atoms with Crippen molar-refractivity contribution in [1.82, 2.24) is 14.5 Å². The van der Waals surface area contributed by atoms with E-state index in [9.17, 15) is 9.18 Å². The Kier molecular flexibility index (Phi) is 7.81. The van der Waals surface area contributed by atoms with Crippen LogP contribution in [0, 0.1) is 12.7 Å². The van der Waals surface area contributed by atoms with Gasteiger partial charge in [-0.25, -0.2) is 14.2 Å². The quantitative estimate of drug-likeness (QED) is 0.296. The van der Waals surface area contributed by atoms with Crippen LogP contribution in [0.25, 0.3) is 6.08 Å². The number of para-hydroxylation sites is 1. The SMILES string of the molecule is Cc1ccc([C@@]2(C)Oc3cccc(C4CCN(Cc5ncc(/C=C/C(=O)O)n5C[C@H](C)OC5CC5)CC4)c3O2)c(F)c1. The number of carboxylic acid groups (broad SMARTS) is 1. The second-order valence-electron chi connectivity index (χ2n) is 11.9. The van der Waals surface area contributed by atoms with E-state index in [1.807, 2.05) is 25.1 Å². The van der Waals surface area contributed by atoms with Crippen molar-refractivity contribution in [2.45, 2.75) is 83.5 Å². The van der Waals surface area contributed by atoms with Crippen LogP contribution in [0.3, 0.4) is 0 Å². The van der Waals surface area contributed by atoms with E-state index >= 15 is 0 Å². The maximum atomic E-state index is 14.9. The largest absolute Gasteiger partial charge is 0.478 e. The number of likely N-dealkylation sites (tertiary alicyclic amines) is 1. The molecule has 0 spiro atoms. The molecule has 0 radical (unpaired) electrons. The number of benzene rings is 2. The third-order valence-electron chi connectivity index (χ3n) is 8.37. The molecule has 3 aromatic rings. The number of ether oxygens (including phenoxy) is 3. The summed E-state index contributed by atoms with van der Waals surface area (Å²) in [4.78, 5) is 18.2. The zero-order chi connectivity index (χ0) is 29.4. The molecule has 1 saturated carbocycles. The van der Waals surface area contributed by atoms with Gasteiger partial charge < -0.3 is 23.9 Å². The molecule has 1 aliphatic carbocycles. The van der Waals surface area contributed by atoms with Gasteiger partial charge in [-0.15, -0.1) is 0 Å². The maximum Gasteiger partial charge on any atom is 0.328 e. The van der Waals surface area contributed by atoms with Gasteiger partial charge in [0.2, 0.25) is 0 Å². The molecular weight excluding hydrogens is 537 g/mol. The summed E-state index contributed by atoms with van der Waals surface area (Å²) >= 11 is 0. The number of rotatable bonds is 10. The molecule has 3 heterocycles. The number of aromatic nitrogens is 2. The summed E-state index contributed by atoms with van der Waals surface area (Å²) in [5, 5.41) is 9.15. The van der Waals surface area contributed by atoms with Crippen LogP contribution < -0.4 is 9.47 Å². The second-order valence-corrected chi connectivity index (χ2v) is 11.9. The predicted octanol–water partition coefficient (Wildman–Crippen LogP) is 6.02. The number of piperidine rings is 1. The number of hydrogen-bond acceptors (Lipinski definition) is 6. The number of imidazole rings is 1. The van der Waals surface area contributed by atoms with E-state index in [4.69, 9.17) is 19.3 Å². The molecule has 1 N–H and O–H groups in total. The molecule has 2 fully saturated rings. The first-order valence-corrected chi connectivity index (χ1v) is 14.8. The van der Waals surface area contributed by atoms with Gasteiger partial charge in [-0.05, 0) is 88.4 Å². The highest BCUT2D eigenvalue weighted by atomic mass is 19.1. The Morgan fingerprint density at radius 3 is 2.71 bits per heavy atom. The molecule has 8 nitrogen and oxygen atoms in total. The minimum atomic E-state index is -1.22. The minimum absolute atomic E-state index is 0.00892. The van der Waals surface area contributed by atoms with Crippen molar-refractivity contribution in [3.05, 3.63) is 82.7 Å². The molecule has 2 aromatic carbocycles. The van der Waals surface area contributed by atoms with E-state index < -0.39 is 11.8 Å². The molecule has 9 heteroatoms.